The van der Waals surface area contributed by atoms with Crippen LogP contribution in [0.2, 0.25) is 0 Å². The van der Waals surface area contributed by atoms with E-state index in [2.05, 4.69) is 10.2 Å². The molecule has 0 spiro atoms. The highest BCUT2D eigenvalue weighted by molar-refractivity contribution is 5.99. The summed E-state index contributed by atoms with van der Waals surface area (Å²) >= 11 is 0. The zero-order chi connectivity index (χ0) is 15.2. The molecule has 0 aromatic carbocycles. The number of amides is 2. The molecule has 21 heavy (non-hydrogen) atoms. The van der Waals surface area contributed by atoms with Crippen LogP contribution in [0, 0.1) is 0 Å². The summed E-state index contributed by atoms with van der Waals surface area (Å²) in [6.07, 6.45) is 5.24. The molecule has 1 N–H and O–H groups in total. The molecule has 3 heterocycles. The van der Waals surface area contributed by atoms with Gasteiger partial charge >= 0.3 is 0 Å². The summed E-state index contributed by atoms with van der Waals surface area (Å²) in [5, 5.41) is 2.88. The van der Waals surface area contributed by atoms with Gasteiger partial charge < -0.3 is 15.1 Å². The molecule has 3 fully saturated rings. The van der Waals surface area contributed by atoms with Crippen LogP contribution in [0.15, 0.2) is 0 Å². The Labute approximate surface area is 127 Å². The van der Waals surface area contributed by atoms with Crippen LogP contribution in [0.4, 0.5) is 0 Å². The zero-order valence-electron chi connectivity index (χ0n) is 13.4. The molecule has 0 bridgehead atoms. The van der Waals surface area contributed by atoms with Crippen LogP contribution in [-0.2, 0) is 9.59 Å². The number of carbonyl (C=O) groups excluding carboxylic acids is 2. The summed E-state index contributed by atoms with van der Waals surface area (Å²) < 4.78 is 0. The lowest BCUT2D eigenvalue weighted by molar-refractivity contribution is -0.158. The van der Waals surface area contributed by atoms with Crippen molar-refractivity contribution in [2.45, 2.75) is 76.5 Å². The number of piperazine rings is 1. The number of piperidine rings is 1. The van der Waals surface area contributed by atoms with Gasteiger partial charge in [0.05, 0.1) is 0 Å². The van der Waals surface area contributed by atoms with Gasteiger partial charge in [-0.05, 0) is 52.5 Å². The van der Waals surface area contributed by atoms with Crippen molar-refractivity contribution in [1.82, 2.24) is 15.1 Å². The van der Waals surface area contributed by atoms with Crippen LogP contribution in [0.25, 0.3) is 0 Å². The third-order valence-corrected chi connectivity index (χ3v) is 5.42. The Morgan fingerprint density at radius 2 is 1.95 bits per heavy atom. The van der Waals surface area contributed by atoms with Crippen molar-refractivity contribution in [2.24, 2.45) is 0 Å². The molecule has 0 saturated carbocycles. The Morgan fingerprint density at radius 3 is 2.67 bits per heavy atom. The average molecular weight is 293 g/mol. The molecule has 3 atom stereocenters. The fourth-order valence-corrected chi connectivity index (χ4v) is 4.29. The first-order chi connectivity index (χ1) is 9.94. The molecule has 3 aliphatic rings. The number of nitrogens with one attached hydrogen (secondary N) is 1. The summed E-state index contributed by atoms with van der Waals surface area (Å²) in [5.41, 5.74) is -0.768. The van der Waals surface area contributed by atoms with Crippen LogP contribution in [-0.4, -0.2) is 58.4 Å². The molecule has 0 radical (unpaired) electrons. The minimum Gasteiger partial charge on any atom is -0.340 e. The van der Waals surface area contributed by atoms with E-state index in [1.54, 1.807) is 0 Å². The topological polar surface area (TPSA) is 52.7 Å². The predicted octanol–water partition coefficient (Wildman–Crippen LogP) is 1.13. The predicted molar refractivity (Wildman–Crippen MR) is 80.8 cm³/mol. The lowest BCUT2D eigenvalue weighted by atomic mass is 9.89. The van der Waals surface area contributed by atoms with Crippen LogP contribution in [0.1, 0.15) is 52.9 Å². The van der Waals surface area contributed by atoms with Crippen LogP contribution >= 0.6 is 0 Å². The molecule has 0 aromatic rings. The van der Waals surface area contributed by atoms with Gasteiger partial charge in [-0.2, -0.15) is 0 Å². The van der Waals surface area contributed by atoms with Gasteiger partial charge in [-0.15, -0.1) is 0 Å². The van der Waals surface area contributed by atoms with E-state index in [-0.39, 0.29) is 23.9 Å². The third kappa shape index (κ3) is 2.45. The van der Waals surface area contributed by atoms with Crippen LogP contribution in [0.5, 0.6) is 0 Å². The Kier molecular flexibility index (Phi) is 3.72. The van der Waals surface area contributed by atoms with Gasteiger partial charge in [0, 0.05) is 18.6 Å². The average Bonchev–Trinajstić information content (AvgIpc) is 2.89. The smallest absolute Gasteiger partial charge is 0.248 e. The molecule has 118 valence electrons. The van der Waals surface area contributed by atoms with Gasteiger partial charge in [-0.3, -0.25) is 9.59 Å². The maximum Gasteiger partial charge on any atom is 0.248 e. The molecule has 5 nitrogen and oxygen atoms in total. The lowest BCUT2D eigenvalue weighted by Gasteiger charge is -2.49. The third-order valence-electron chi connectivity index (χ3n) is 5.42. The Bertz CT molecular complexity index is 449. The van der Waals surface area contributed by atoms with E-state index in [1.165, 1.54) is 19.4 Å². The second-order valence-corrected chi connectivity index (χ2v) is 7.26. The number of hydrogen-bond acceptors (Lipinski definition) is 3. The van der Waals surface area contributed by atoms with E-state index in [0.717, 1.165) is 19.4 Å². The van der Waals surface area contributed by atoms with Crippen molar-refractivity contribution < 1.29 is 9.59 Å². The highest BCUT2D eigenvalue weighted by Crippen LogP contribution is 2.33. The van der Waals surface area contributed by atoms with Crippen molar-refractivity contribution in [2.75, 3.05) is 13.1 Å². The monoisotopic (exact) mass is 293 g/mol. The second kappa shape index (κ2) is 5.27. The molecule has 5 heteroatoms. The standard InChI is InChI=1S/C16H27N3O2/c1-4-13-14(20)17-16(2,3)15(21)19(13)12-7-9-18-8-5-6-11(18)10-12/h11-13H,4-10H2,1-3H3,(H,17,20). The van der Waals surface area contributed by atoms with Crippen molar-refractivity contribution in [1.29, 1.82) is 0 Å². The zero-order valence-corrected chi connectivity index (χ0v) is 13.4. The number of fused-ring (bicyclic) bond motifs is 1. The maximum absolute atomic E-state index is 12.9. The fourth-order valence-electron chi connectivity index (χ4n) is 4.29. The normalized spacial score (nSPS) is 36.5. The molecule has 3 aliphatic heterocycles. The molecule has 0 aliphatic carbocycles. The second-order valence-electron chi connectivity index (χ2n) is 7.26. The van der Waals surface area contributed by atoms with Gasteiger partial charge in [-0.25, -0.2) is 0 Å². The number of rotatable bonds is 2. The Morgan fingerprint density at radius 1 is 1.19 bits per heavy atom. The van der Waals surface area contributed by atoms with Gasteiger partial charge in [-0.1, -0.05) is 6.92 Å². The van der Waals surface area contributed by atoms with Crippen molar-refractivity contribution in [3.63, 3.8) is 0 Å². The summed E-state index contributed by atoms with van der Waals surface area (Å²) in [6, 6.07) is 0.553. The van der Waals surface area contributed by atoms with E-state index < -0.39 is 5.54 Å². The molecular formula is C16H27N3O2. The molecule has 0 aromatic heterocycles. The van der Waals surface area contributed by atoms with Crippen LogP contribution < -0.4 is 5.32 Å². The van der Waals surface area contributed by atoms with Gasteiger partial charge in [0.2, 0.25) is 11.8 Å². The quantitative estimate of drug-likeness (QED) is 0.830. The number of carbonyl (C=O) groups is 2. The number of hydrogen-bond donors (Lipinski definition) is 1. The van der Waals surface area contributed by atoms with Crippen molar-refractivity contribution >= 4 is 11.8 Å². The first-order valence-electron chi connectivity index (χ1n) is 8.33. The highest BCUT2D eigenvalue weighted by Gasteiger charge is 2.48. The fraction of sp³-hybridized carbons (Fsp3) is 0.875. The summed E-state index contributed by atoms with van der Waals surface area (Å²) in [7, 11) is 0. The number of nitrogens with zero attached hydrogens (tertiary/aromatic N) is 2. The Hall–Kier alpha value is -1.10. The molecule has 3 saturated heterocycles. The minimum atomic E-state index is -0.768. The first kappa shape index (κ1) is 14.8. The van der Waals surface area contributed by atoms with E-state index in [9.17, 15) is 9.59 Å². The van der Waals surface area contributed by atoms with Crippen molar-refractivity contribution in [3.8, 4) is 0 Å². The van der Waals surface area contributed by atoms with E-state index >= 15 is 0 Å². The lowest BCUT2D eigenvalue weighted by Crippen LogP contribution is -2.70. The van der Waals surface area contributed by atoms with Crippen molar-refractivity contribution in [3.05, 3.63) is 0 Å². The largest absolute Gasteiger partial charge is 0.340 e. The summed E-state index contributed by atoms with van der Waals surface area (Å²) in [4.78, 5) is 29.7. The molecule has 3 rings (SSSR count). The summed E-state index contributed by atoms with van der Waals surface area (Å²) in [5.74, 6) is 0.0985. The van der Waals surface area contributed by atoms with E-state index in [4.69, 9.17) is 0 Å². The molecule has 3 unspecified atom stereocenters. The summed E-state index contributed by atoms with van der Waals surface area (Å²) in [6.45, 7) is 7.90. The maximum atomic E-state index is 12.9. The van der Waals surface area contributed by atoms with E-state index in [0.29, 0.717) is 12.5 Å². The van der Waals surface area contributed by atoms with Gasteiger partial charge in [0.1, 0.15) is 11.6 Å². The molecular weight excluding hydrogens is 266 g/mol. The minimum absolute atomic E-state index is 0.0101. The van der Waals surface area contributed by atoms with Gasteiger partial charge in [0.25, 0.3) is 0 Å². The SMILES string of the molecule is CCC1C(=O)NC(C)(C)C(=O)N1C1CCN2CCCC2C1. The van der Waals surface area contributed by atoms with Gasteiger partial charge in [0.15, 0.2) is 0 Å². The first-order valence-corrected chi connectivity index (χ1v) is 8.33. The molecule has 2 amide bonds. The highest BCUT2D eigenvalue weighted by atomic mass is 16.2. The van der Waals surface area contributed by atoms with Crippen LogP contribution in [0.3, 0.4) is 0 Å². The Balaban J connectivity index is 1.83. The van der Waals surface area contributed by atoms with E-state index in [1.807, 2.05) is 25.7 Å².